The maximum absolute atomic E-state index is 12.5. The lowest BCUT2D eigenvalue weighted by molar-refractivity contribution is 0.241. The van der Waals surface area contributed by atoms with Gasteiger partial charge < -0.3 is 4.98 Å². The van der Waals surface area contributed by atoms with E-state index in [0.717, 1.165) is 41.9 Å². The van der Waals surface area contributed by atoms with Crippen LogP contribution in [0.3, 0.4) is 0 Å². The van der Waals surface area contributed by atoms with Gasteiger partial charge >= 0.3 is 0 Å². The van der Waals surface area contributed by atoms with Crippen LogP contribution in [0.1, 0.15) is 16.8 Å². The molecule has 4 heterocycles. The first kappa shape index (κ1) is 14.7. The molecule has 0 aromatic carbocycles. The maximum atomic E-state index is 12.5. The molecule has 24 heavy (non-hydrogen) atoms. The molecule has 4 rings (SSSR count). The zero-order chi connectivity index (χ0) is 16.4. The van der Waals surface area contributed by atoms with Crippen LogP contribution in [0.2, 0.25) is 0 Å². The van der Waals surface area contributed by atoms with E-state index in [-0.39, 0.29) is 5.56 Å². The zero-order valence-corrected chi connectivity index (χ0v) is 13.1. The van der Waals surface area contributed by atoms with Gasteiger partial charge in [0.05, 0.1) is 11.3 Å². The number of aromatic amines is 1. The molecular weight excluding hydrogens is 302 g/mol. The Hall–Kier alpha value is -2.86. The average Bonchev–Trinajstić information content (AvgIpc) is 2.64. The predicted octanol–water partition coefficient (Wildman–Crippen LogP) is 1.79. The van der Waals surface area contributed by atoms with Crippen molar-refractivity contribution in [2.24, 2.45) is 0 Å². The standard InChI is InChI=1S/C18H17N5O/c24-18-15-12-23(11-13-3-1-6-19-9-13)8-5-16(15)21-17(22-18)14-4-2-7-20-10-14/h1-4,6-7,9-10H,5,8,11-12H2,(H,21,22,24). The summed E-state index contributed by atoms with van der Waals surface area (Å²) in [5.41, 5.74) is 3.57. The van der Waals surface area contributed by atoms with Gasteiger partial charge in [-0.25, -0.2) is 4.98 Å². The van der Waals surface area contributed by atoms with E-state index in [1.807, 2.05) is 24.4 Å². The molecule has 6 nitrogen and oxygen atoms in total. The number of hydrogen-bond donors (Lipinski definition) is 1. The Kier molecular flexibility index (Phi) is 3.88. The molecule has 0 amide bonds. The Morgan fingerprint density at radius 1 is 1.12 bits per heavy atom. The van der Waals surface area contributed by atoms with E-state index >= 15 is 0 Å². The van der Waals surface area contributed by atoms with Crippen LogP contribution >= 0.6 is 0 Å². The Labute approximate surface area is 139 Å². The van der Waals surface area contributed by atoms with Crippen molar-refractivity contribution >= 4 is 0 Å². The maximum Gasteiger partial charge on any atom is 0.255 e. The monoisotopic (exact) mass is 319 g/mol. The smallest absolute Gasteiger partial charge is 0.255 e. The van der Waals surface area contributed by atoms with Gasteiger partial charge in [0.1, 0.15) is 5.82 Å². The van der Waals surface area contributed by atoms with Crippen LogP contribution in [0.4, 0.5) is 0 Å². The molecule has 6 heteroatoms. The third-order valence-electron chi connectivity index (χ3n) is 4.21. The summed E-state index contributed by atoms with van der Waals surface area (Å²) >= 11 is 0. The van der Waals surface area contributed by atoms with Crippen molar-refractivity contribution < 1.29 is 0 Å². The van der Waals surface area contributed by atoms with E-state index < -0.39 is 0 Å². The highest BCUT2D eigenvalue weighted by Gasteiger charge is 2.21. The van der Waals surface area contributed by atoms with E-state index in [1.54, 1.807) is 18.6 Å². The highest BCUT2D eigenvalue weighted by molar-refractivity contribution is 5.53. The Morgan fingerprint density at radius 2 is 1.96 bits per heavy atom. The van der Waals surface area contributed by atoms with Crippen LogP contribution in [0.5, 0.6) is 0 Å². The fourth-order valence-electron chi connectivity index (χ4n) is 3.01. The summed E-state index contributed by atoms with van der Waals surface area (Å²) in [6.45, 7) is 2.28. The first-order valence-corrected chi connectivity index (χ1v) is 7.93. The van der Waals surface area contributed by atoms with Crippen molar-refractivity contribution in [1.82, 2.24) is 24.8 Å². The molecule has 0 bridgehead atoms. The molecule has 0 spiro atoms. The zero-order valence-electron chi connectivity index (χ0n) is 13.1. The van der Waals surface area contributed by atoms with Crippen molar-refractivity contribution in [2.75, 3.05) is 6.54 Å². The fourth-order valence-corrected chi connectivity index (χ4v) is 3.01. The van der Waals surface area contributed by atoms with Crippen LogP contribution in [0.25, 0.3) is 11.4 Å². The van der Waals surface area contributed by atoms with Gasteiger partial charge in [0.25, 0.3) is 5.56 Å². The lowest BCUT2D eigenvalue weighted by Crippen LogP contribution is -2.35. The molecule has 0 unspecified atom stereocenters. The summed E-state index contributed by atoms with van der Waals surface area (Å²) in [6.07, 6.45) is 7.82. The molecule has 0 aliphatic carbocycles. The minimum absolute atomic E-state index is 0.0604. The number of nitrogens with zero attached hydrogens (tertiary/aromatic N) is 4. The fraction of sp³-hybridized carbons (Fsp3) is 0.222. The van der Waals surface area contributed by atoms with Crippen LogP contribution in [-0.2, 0) is 19.5 Å². The molecule has 1 aliphatic rings. The van der Waals surface area contributed by atoms with Gasteiger partial charge in [0.2, 0.25) is 0 Å². The van der Waals surface area contributed by atoms with Gasteiger partial charge in [-0.2, -0.15) is 0 Å². The minimum Gasteiger partial charge on any atom is -0.306 e. The van der Waals surface area contributed by atoms with E-state index in [4.69, 9.17) is 0 Å². The highest BCUT2D eigenvalue weighted by atomic mass is 16.1. The van der Waals surface area contributed by atoms with Crippen molar-refractivity contribution in [3.63, 3.8) is 0 Å². The van der Waals surface area contributed by atoms with E-state index in [1.165, 1.54) is 0 Å². The van der Waals surface area contributed by atoms with Gasteiger partial charge in [-0.15, -0.1) is 0 Å². The molecule has 0 fully saturated rings. The van der Waals surface area contributed by atoms with Crippen molar-refractivity contribution in [3.8, 4) is 11.4 Å². The number of aromatic nitrogens is 4. The molecule has 0 radical (unpaired) electrons. The number of hydrogen-bond acceptors (Lipinski definition) is 5. The third kappa shape index (κ3) is 2.96. The van der Waals surface area contributed by atoms with Crippen LogP contribution in [-0.4, -0.2) is 31.4 Å². The lowest BCUT2D eigenvalue weighted by atomic mass is 10.1. The number of rotatable bonds is 3. The third-order valence-corrected chi connectivity index (χ3v) is 4.21. The van der Waals surface area contributed by atoms with Gasteiger partial charge in [-0.3, -0.25) is 19.7 Å². The van der Waals surface area contributed by atoms with Gasteiger partial charge in [0, 0.05) is 56.4 Å². The van der Waals surface area contributed by atoms with Crippen LogP contribution in [0, 0.1) is 0 Å². The van der Waals surface area contributed by atoms with E-state index in [9.17, 15) is 4.79 Å². The Bertz CT molecular complexity index is 892. The van der Waals surface area contributed by atoms with Crippen LogP contribution in [0.15, 0.2) is 53.8 Å². The van der Waals surface area contributed by atoms with Crippen molar-refractivity contribution in [3.05, 3.63) is 76.2 Å². The average molecular weight is 319 g/mol. The minimum atomic E-state index is -0.0604. The molecular formula is C18H17N5O. The van der Waals surface area contributed by atoms with Crippen molar-refractivity contribution in [1.29, 1.82) is 0 Å². The number of nitrogens with one attached hydrogen (secondary N) is 1. The Balaban J connectivity index is 1.60. The summed E-state index contributed by atoms with van der Waals surface area (Å²) in [6, 6.07) is 7.72. The summed E-state index contributed by atoms with van der Waals surface area (Å²) < 4.78 is 0. The molecule has 0 atom stereocenters. The first-order valence-electron chi connectivity index (χ1n) is 7.93. The summed E-state index contributed by atoms with van der Waals surface area (Å²) in [5.74, 6) is 0.590. The second-order valence-electron chi connectivity index (χ2n) is 5.90. The molecule has 0 saturated carbocycles. The normalized spacial score (nSPS) is 14.3. The van der Waals surface area contributed by atoms with Crippen LogP contribution < -0.4 is 5.56 Å². The molecule has 1 N–H and O–H groups in total. The Morgan fingerprint density at radius 3 is 2.71 bits per heavy atom. The number of pyridine rings is 2. The summed E-state index contributed by atoms with van der Waals surface area (Å²) in [5, 5.41) is 0. The molecule has 120 valence electrons. The second kappa shape index (κ2) is 6.33. The predicted molar refractivity (Wildman–Crippen MR) is 90.1 cm³/mol. The SMILES string of the molecule is O=c1[nH]c(-c2cccnc2)nc2c1CN(Cc1cccnc1)CC2. The topological polar surface area (TPSA) is 74.8 Å². The van der Waals surface area contributed by atoms with Crippen molar-refractivity contribution in [2.45, 2.75) is 19.5 Å². The van der Waals surface area contributed by atoms with Gasteiger partial charge in [0.15, 0.2) is 0 Å². The second-order valence-corrected chi connectivity index (χ2v) is 5.90. The van der Waals surface area contributed by atoms with E-state index in [2.05, 4.69) is 30.9 Å². The summed E-state index contributed by atoms with van der Waals surface area (Å²) in [7, 11) is 0. The molecule has 0 saturated heterocycles. The lowest BCUT2D eigenvalue weighted by Gasteiger charge is -2.27. The molecule has 1 aliphatic heterocycles. The highest BCUT2D eigenvalue weighted by Crippen LogP contribution is 2.19. The first-order chi connectivity index (χ1) is 11.8. The number of H-pyrrole nitrogens is 1. The summed E-state index contributed by atoms with van der Waals surface area (Å²) in [4.78, 5) is 30.5. The molecule has 3 aromatic rings. The largest absolute Gasteiger partial charge is 0.306 e. The quantitative estimate of drug-likeness (QED) is 0.796. The van der Waals surface area contributed by atoms with Gasteiger partial charge in [-0.1, -0.05) is 6.07 Å². The van der Waals surface area contributed by atoms with E-state index in [0.29, 0.717) is 12.4 Å². The van der Waals surface area contributed by atoms with Gasteiger partial charge in [-0.05, 0) is 23.8 Å². The number of fused-ring (bicyclic) bond motifs is 1. The molecule has 3 aromatic heterocycles.